The first kappa shape index (κ1) is 36.6. The molecule has 12 nitrogen and oxygen atoms in total. The normalized spacial score (nSPS) is 16.5. The summed E-state index contributed by atoms with van der Waals surface area (Å²) < 4.78 is 0. The van der Waals surface area contributed by atoms with Gasteiger partial charge in [-0.1, -0.05) is 40.5 Å². The number of nitrogens with one attached hydrogen (secondary N) is 4. The molecule has 7 atom stereocenters. The van der Waals surface area contributed by atoms with Crippen molar-refractivity contribution in [2.24, 2.45) is 23.3 Å². The zero-order chi connectivity index (χ0) is 30.1. The van der Waals surface area contributed by atoms with Gasteiger partial charge in [0.2, 0.25) is 23.6 Å². The van der Waals surface area contributed by atoms with Gasteiger partial charge in [0.1, 0.15) is 24.2 Å². The molecule has 0 spiro atoms. The first-order chi connectivity index (χ1) is 18.3. The average molecular weight is 575 g/mol. The minimum absolute atomic E-state index is 0.0684. The molecule has 9 N–H and O–H groups in total. The Balaban J connectivity index is 5.42. The van der Waals surface area contributed by atoms with Crippen molar-refractivity contribution < 1.29 is 29.1 Å². The number of carbonyl (C=O) groups is 5. The zero-order valence-electron chi connectivity index (χ0n) is 24.2. The van der Waals surface area contributed by atoms with E-state index in [0.29, 0.717) is 38.0 Å². The fourth-order valence-corrected chi connectivity index (χ4v) is 4.13. The minimum Gasteiger partial charge on any atom is -0.480 e. The van der Waals surface area contributed by atoms with Gasteiger partial charge >= 0.3 is 5.97 Å². The van der Waals surface area contributed by atoms with Crippen LogP contribution in [0.5, 0.6) is 0 Å². The highest BCUT2D eigenvalue weighted by atomic mass is 32.2. The van der Waals surface area contributed by atoms with Gasteiger partial charge in [-0.2, -0.15) is 11.8 Å². The summed E-state index contributed by atoms with van der Waals surface area (Å²) in [6.07, 6.45) is 4.82. The highest BCUT2D eigenvalue weighted by Crippen LogP contribution is 2.11. The molecule has 0 saturated heterocycles. The average Bonchev–Trinajstić information content (AvgIpc) is 2.91. The molecule has 0 aromatic carbocycles. The SMILES string of the molecule is CC[C@H](C)[C@H](N)C(=O)N[C@H](C(=O)N[C@@H](C)C(=O)N[C@@H](CCSC)C(=O)N[C@@H](CCCCN)C(=O)O)[C@@H](C)CC. The molecule has 0 aliphatic carbocycles. The number of hydrogen-bond acceptors (Lipinski definition) is 8. The highest BCUT2D eigenvalue weighted by Gasteiger charge is 2.32. The molecule has 0 heterocycles. The molecule has 4 amide bonds. The van der Waals surface area contributed by atoms with Gasteiger partial charge in [0.05, 0.1) is 6.04 Å². The monoisotopic (exact) mass is 574 g/mol. The lowest BCUT2D eigenvalue weighted by molar-refractivity contribution is -0.142. The van der Waals surface area contributed by atoms with Gasteiger partial charge in [-0.05, 0) is 63.0 Å². The van der Waals surface area contributed by atoms with E-state index in [9.17, 15) is 29.1 Å². The van der Waals surface area contributed by atoms with E-state index in [1.807, 2.05) is 34.0 Å². The van der Waals surface area contributed by atoms with Gasteiger partial charge in [0.25, 0.3) is 0 Å². The van der Waals surface area contributed by atoms with Crippen molar-refractivity contribution >= 4 is 41.4 Å². The molecule has 0 fully saturated rings. The quantitative estimate of drug-likeness (QED) is 0.0999. The van der Waals surface area contributed by atoms with Crippen LogP contribution >= 0.6 is 11.8 Å². The first-order valence-corrected chi connectivity index (χ1v) is 15.1. The minimum atomic E-state index is -1.16. The Bertz CT molecular complexity index is 801. The number of carboxylic acid groups (broad SMARTS) is 1. The number of carboxylic acids is 1. The predicted octanol–water partition coefficient (Wildman–Crippen LogP) is 0.332. The van der Waals surface area contributed by atoms with Gasteiger partial charge in [-0.15, -0.1) is 0 Å². The molecular formula is C26H50N6O6S. The van der Waals surface area contributed by atoms with Crippen LogP contribution in [0.1, 0.15) is 73.1 Å². The molecule has 226 valence electrons. The number of unbranched alkanes of at least 4 members (excludes halogenated alkanes) is 1. The van der Waals surface area contributed by atoms with Crippen LogP contribution in [0.3, 0.4) is 0 Å². The third-order valence-electron chi connectivity index (χ3n) is 6.91. The number of thioether (sulfide) groups is 1. The Hall–Kier alpha value is -2.38. The molecule has 0 unspecified atom stereocenters. The third-order valence-corrected chi connectivity index (χ3v) is 7.55. The lowest BCUT2D eigenvalue weighted by Crippen LogP contribution is -2.59. The van der Waals surface area contributed by atoms with Crippen LogP contribution in [0, 0.1) is 11.8 Å². The highest BCUT2D eigenvalue weighted by molar-refractivity contribution is 7.98. The lowest BCUT2D eigenvalue weighted by Gasteiger charge is -2.28. The smallest absolute Gasteiger partial charge is 0.326 e. The van der Waals surface area contributed by atoms with Crippen LogP contribution in [0.4, 0.5) is 0 Å². The number of nitrogens with two attached hydrogens (primary N) is 2. The van der Waals surface area contributed by atoms with E-state index in [-0.39, 0.29) is 24.7 Å². The van der Waals surface area contributed by atoms with Gasteiger partial charge in [0, 0.05) is 0 Å². The second kappa shape index (κ2) is 19.6. The molecule has 0 saturated carbocycles. The van der Waals surface area contributed by atoms with Crippen molar-refractivity contribution in [3.63, 3.8) is 0 Å². The van der Waals surface area contributed by atoms with E-state index in [4.69, 9.17) is 11.5 Å². The van der Waals surface area contributed by atoms with Gasteiger partial charge < -0.3 is 37.8 Å². The Morgan fingerprint density at radius 2 is 1.36 bits per heavy atom. The largest absolute Gasteiger partial charge is 0.480 e. The van der Waals surface area contributed by atoms with E-state index in [0.717, 1.165) is 0 Å². The maximum absolute atomic E-state index is 13.1. The van der Waals surface area contributed by atoms with Crippen LogP contribution in [-0.4, -0.2) is 83.5 Å². The second-order valence-corrected chi connectivity index (χ2v) is 11.0. The molecule has 0 rings (SSSR count). The molecule has 0 aromatic heterocycles. The van der Waals surface area contributed by atoms with Crippen molar-refractivity contribution in [1.29, 1.82) is 0 Å². The van der Waals surface area contributed by atoms with Crippen LogP contribution in [-0.2, 0) is 24.0 Å². The predicted molar refractivity (Wildman–Crippen MR) is 154 cm³/mol. The van der Waals surface area contributed by atoms with Crippen LogP contribution in [0.25, 0.3) is 0 Å². The molecule has 0 bridgehead atoms. The Morgan fingerprint density at radius 1 is 0.769 bits per heavy atom. The fraction of sp³-hybridized carbons (Fsp3) is 0.808. The van der Waals surface area contributed by atoms with Crippen molar-refractivity contribution in [3.8, 4) is 0 Å². The van der Waals surface area contributed by atoms with E-state index in [2.05, 4.69) is 21.3 Å². The van der Waals surface area contributed by atoms with Crippen LogP contribution in [0.15, 0.2) is 0 Å². The van der Waals surface area contributed by atoms with Crippen molar-refractivity contribution in [2.75, 3.05) is 18.6 Å². The van der Waals surface area contributed by atoms with Crippen LogP contribution in [0.2, 0.25) is 0 Å². The summed E-state index contributed by atoms with van der Waals surface area (Å²) in [5.41, 5.74) is 11.5. The molecule has 0 aliphatic heterocycles. The summed E-state index contributed by atoms with van der Waals surface area (Å²) in [6, 6.07) is -4.77. The van der Waals surface area contributed by atoms with Gasteiger partial charge in [0.15, 0.2) is 0 Å². The summed E-state index contributed by atoms with van der Waals surface area (Å²) in [7, 11) is 0. The topological polar surface area (TPSA) is 206 Å². The number of amides is 4. The Kier molecular flexibility index (Phi) is 18.4. The van der Waals surface area contributed by atoms with Crippen LogP contribution < -0.4 is 32.7 Å². The van der Waals surface area contributed by atoms with Crippen molar-refractivity contribution in [1.82, 2.24) is 21.3 Å². The number of rotatable bonds is 20. The fourth-order valence-electron chi connectivity index (χ4n) is 3.66. The van der Waals surface area contributed by atoms with Crippen molar-refractivity contribution in [2.45, 2.75) is 103 Å². The summed E-state index contributed by atoms with van der Waals surface area (Å²) in [5, 5.41) is 20.0. The number of aliphatic carboxylic acids is 1. The Labute approximate surface area is 236 Å². The maximum Gasteiger partial charge on any atom is 0.326 e. The van der Waals surface area contributed by atoms with Gasteiger partial charge in [-0.3, -0.25) is 19.2 Å². The van der Waals surface area contributed by atoms with E-state index < -0.39 is 59.8 Å². The molecule has 0 radical (unpaired) electrons. The molecule has 0 aliphatic rings. The summed E-state index contributed by atoms with van der Waals surface area (Å²) in [4.78, 5) is 63.2. The third kappa shape index (κ3) is 13.5. The summed E-state index contributed by atoms with van der Waals surface area (Å²) in [6.45, 7) is 9.38. The molecule has 39 heavy (non-hydrogen) atoms. The number of carbonyl (C=O) groups excluding carboxylic acids is 4. The lowest BCUT2D eigenvalue weighted by atomic mass is 9.95. The summed E-state index contributed by atoms with van der Waals surface area (Å²) >= 11 is 1.47. The van der Waals surface area contributed by atoms with Gasteiger partial charge in [-0.25, -0.2) is 4.79 Å². The molecule has 13 heteroatoms. The standard InChI is InChI=1S/C26H50N6O6S/c1-7-15(3)20(28)24(35)32-21(16(4)8-2)25(36)29-17(5)22(33)30-18(12-14-39-6)23(34)31-19(26(37)38)11-9-10-13-27/h15-21H,7-14,27-28H2,1-6H3,(H,29,36)(H,30,33)(H,31,34)(H,32,35)(H,37,38)/t15-,16-,17-,18-,19-,20-,21-/m0/s1. The number of hydrogen-bond donors (Lipinski definition) is 7. The van der Waals surface area contributed by atoms with Crippen molar-refractivity contribution in [3.05, 3.63) is 0 Å². The van der Waals surface area contributed by atoms with E-state index in [1.165, 1.54) is 18.7 Å². The molecular weight excluding hydrogens is 524 g/mol. The van der Waals surface area contributed by atoms with E-state index >= 15 is 0 Å². The zero-order valence-corrected chi connectivity index (χ0v) is 25.1. The maximum atomic E-state index is 13.1. The molecule has 0 aromatic rings. The first-order valence-electron chi connectivity index (χ1n) is 13.7. The second-order valence-electron chi connectivity index (χ2n) is 10.0. The van der Waals surface area contributed by atoms with E-state index in [1.54, 1.807) is 0 Å². The Morgan fingerprint density at radius 3 is 1.87 bits per heavy atom. The summed E-state index contributed by atoms with van der Waals surface area (Å²) in [5.74, 6) is -3.10.